The molecule has 0 atom stereocenters. The number of hydrogen-bond donors (Lipinski definition) is 0. The molecule has 1 amide bonds. The van der Waals surface area contributed by atoms with Gasteiger partial charge >= 0.3 is 6.09 Å². The number of thioether (sulfide) groups is 1. The lowest BCUT2D eigenvalue weighted by molar-refractivity contribution is 0.160. The molecule has 0 N–H and O–H groups in total. The van der Waals surface area contributed by atoms with Crippen molar-refractivity contribution >= 4 is 39.4 Å². The topological polar surface area (TPSA) is 64.4 Å². The Morgan fingerprint density at radius 2 is 2.07 bits per heavy atom. The molecule has 0 spiro atoms. The van der Waals surface area contributed by atoms with Crippen LogP contribution in [0.1, 0.15) is 11.1 Å². The molecule has 8 heteroatoms. The summed E-state index contributed by atoms with van der Waals surface area (Å²) in [7, 11) is 1.75. The fourth-order valence-electron chi connectivity index (χ4n) is 3.18. The minimum absolute atomic E-state index is 0.0393. The predicted molar refractivity (Wildman–Crippen MR) is 113 cm³/mol. The normalized spacial score (nSPS) is 14.1. The number of carbonyl (C=O) groups is 1. The van der Waals surface area contributed by atoms with Crippen LogP contribution in [0.4, 0.5) is 4.79 Å². The number of carbonyl (C=O) groups excluding carboxylic acids is 1. The third-order valence-electron chi connectivity index (χ3n) is 5.03. The van der Waals surface area contributed by atoms with Crippen LogP contribution in [0.3, 0.4) is 0 Å². The van der Waals surface area contributed by atoms with Gasteiger partial charge in [0.05, 0.1) is 11.9 Å². The van der Waals surface area contributed by atoms with E-state index in [1.807, 2.05) is 5.38 Å². The van der Waals surface area contributed by atoms with Crippen molar-refractivity contribution in [3.63, 3.8) is 0 Å². The summed E-state index contributed by atoms with van der Waals surface area (Å²) in [6, 6.07) is 6.26. The first kappa shape index (κ1) is 19.0. The smallest absolute Gasteiger partial charge is 0.409 e. The second-order valence-electron chi connectivity index (χ2n) is 6.84. The molecule has 1 saturated heterocycles. The maximum Gasteiger partial charge on any atom is 0.409 e. The number of rotatable bonds is 5. The SMILES string of the molecule is Cc1ccc(-c2csc3nc(SCCN4CCOC4=O)n(C)c(=O)c23)cc1C. The third kappa shape index (κ3) is 3.42. The fourth-order valence-corrected chi connectivity index (χ4v) is 5.10. The number of ether oxygens (including phenoxy) is 1. The fraction of sp³-hybridized carbons (Fsp3) is 0.350. The summed E-state index contributed by atoms with van der Waals surface area (Å²) in [5.41, 5.74) is 4.38. The zero-order chi connectivity index (χ0) is 19.8. The summed E-state index contributed by atoms with van der Waals surface area (Å²) in [5, 5.41) is 3.35. The monoisotopic (exact) mass is 415 g/mol. The largest absolute Gasteiger partial charge is 0.448 e. The number of benzene rings is 1. The van der Waals surface area contributed by atoms with Gasteiger partial charge in [-0.05, 0) is 30.5 Å². The van der Waals surface area contributed by atoms with Crippen molar-refractivity contribution in [3.8, 4) is 11.1 Å². The Bertz CT molecular complexity index is 1120. The van der Waals surface area contributed by atoms with Gasteiger partial charge in [0.1, 0.15) is 11.4 Å². The van der Waals surface area contributed by atoms with Crippen LogP contribution in [0.2, 0.25) is 0 Å². The summed E-state index contributed by atoms with van der Waals surface area (Å²) in [5.74, 6) is 0.663. The minimum atomic E-state index is -0.269. The number of nitrogens with zero attached hydrogens (tertiary/aromatic N) is 3. The van der Waals surface area contributed by atoms with E-state index in [-0.39, 0.29) is 11.7 Å². The summed E-state index contributed by atoms with van der Waals surface area (Å²) in [6.45, 7) is 5.80. The van der Waals surface area contributed by atoms with Crippen LogP contribution < -0.4 is 5.56 Å². The first-order chi connectivity index (χ1) is 13.5. The lowest BCUT2D eigenvalue weighted by Crippen LogP contribution is -2.27. The van der Waals surface area contributed by atoms with E-state index in [1.54, 1.807) is 16.5 Å². The van der Waals surface area contributed by atoms with Gasteiger partial charge in [-0.1, -0.05) is 30.0 Å². The van der Waals surface area contributed by atoms with Crippen molar-refractivity contribution in [2.75, 3.05) is 25.4 Å². The Morgan fingerprint density at radius 3 is 2.79 bits per heavy atom. The van der Waals surface area contributed by atoms with E-state index < -0.39 is 0 Å². The molecule has 146 valence electrons. The Hall–Kier alpha value is -2.32. The molecule has 0 aliphatic carbocycles. The average Bonchev–Trinajstić information content (AvgIpc) is 3.28. The first-order valence-electron chi connectivity index (χ1n) is 9.06. The van der Waals surface area contributed by atoms with Crippen LogP contribution >= 0.6 is 23.1 Å². The quantitative estimate of drug-likeness (QED) is 0.468. The van der Waals surface area contributed by atoms with E-state index in [9.17, 15) is 9.59 Å². The lowest BCUT2D eigenvalue weighted by Gasteiger charge is -2.12. The van der Waals surface area contributed by atoms with Crippen molar-refractivity contribution in [2.24, 2.45) is 7.05 Å². The van der Waals surface area contributed by atoms with Gasteiger partial charge in [0.15, 0.2) is 5.16 Å². The number of fused-ring (bicyclic) bond motifs is 1. The molecule has 0 bridgehead atoms. The molecule has 4 rings (SSSR count). The number of thiophene rings is 1. The molecular weight excluding hydrogens is 394 g/mol. The number of cyclic esters (lactones) is 1. The van der Waals surface area contributed by atoms with Gasteiger partial charge in [0.25, 0.3) is 5.56 Å². The van der Waals surface area contributed by atoms with Crippen molar-refractivity contribution < 1.29 is 9.53 Å². The highest BCUT2D eigenvalue weighted by Gasteiger charge is 2.22. The van der Waals surface area contributed by atoms with Crippen LogP contribution in [0, 0.1) is 13.8 Å². The Morgan fingerprint density at radius 1 is 1.25 bits per heavy atom. The second-order valence-corrected chi connectivity index (χ2v) is 8.76. The summed E-state index contributed by atoms with van der Waals surface area (Å²) in [6.07, 6.45) is -0.269. The van der Waals surface area contributed by atoms with Gasteiger partial charge in [0.2, 0.25) is 0 Å². The molecule has 0 unspecified atom stereocenters. The maximum atomic E-state index is 13.1. The zero-order valence-electron chi connectivity index (χ0n) is 16.0. The molecule has 6 nitrogen and oxygen atoms in total. The van der Waals surface area contributed by atoms with E-state index in [0.29, 0.717) is 36.0 Å². The molecule has 1 aliphatic heterocycles. The number of aryl methyl sites for hydroxylation is 2. The number of aromatic nitrogens is 2. The predicted octanol–water partition coefficient (Wildman–Crippen LogP) is 3.82. The van der Waals surface area contributed by atoms with Crippen molar-refractivity contribution in [1.29, 1.82) is 0 Å². The van der Waals surface area contributed by atoms with Gasteiger partial charge in [-0.15, -0.1) is 11.3 Å². The highest BCUT2D eigenvalue weighted by molar-refractivity contribution is 7.99. The molecule has 28 heavy (non-hydrogen) atoms. The van der Waals surface area contributed by atoms with E-state index >= 15 is 0 Å². The summed E-state index contributed by atoms with van der Waals surface area (Å²) >= 11 is 2.98. The summed E-state index contributed by atoms with van der Waals surface area (Å²) < 4.78 is 6.54. The van der Waals surface area contributed by atoms with Gasteiger partial charge in [-0.3, -0.25) is 9.36 Å². The van der Waals surface area contributed by atoms with Crippen LogP contribution in [-0.2, 0) is 11.8 Å². The number of hydrogen-bond acceptors (Lipinski definition) is 6. The van der Waals surface area contributed by atoms with E-state index in [0.717, 1.165) is 16.0 Å². The maximum absolute atomic E-state index is 13.1. The molecule has 0 radical (unpaired) electrons. The number of amides is 1. The minimum Gasteiger partial charge on any atom is -0.448 e. The van der Waals surface area contributed by atoms with Gasteiger partial charge in [-0.2, -0.15) is 0 Å². The average molecular weight is 416 g/mol. The van der Waals surface area contributed by atoms with E-state index in [4.69, 9.17) is 9.72 Å². The molecule has 0 saturated carbocycles. The van der Waals surface area contributed by atoms with Gasteiger partial charge < -0.3 is 9.64 Å². The molecule has 3 heterocycles. The highest BCUT2D eigenvalue weighted by Crippen LogP contribution is 2.33. The van der Waals surface area contributed by atoms with Crippen LogP contribution in [0.5, 0.6) is 0 Å². The summed E-state index contributed by atoms with van der Waals surface area (Å²) in [4.78, 5) is 31.7. The molecular formula is C20H21N3O3S2. The standard InChI is InChI=1S/C20H21N3O3S2/c1-12-4-5-14(10-13(12)2)15-11-28-17-16(15)18(24)22(3)19(21-17)27-9-7-23-6-8-26-20(23)25/h4-5,10-11H,6-9H2,1-3H3. The van der Waals surface area contributed by atoms with E-state index in [1.165, 1.54) is 34.2 Å². The molecule has 1 aliphatic rings. The molecule has 1 aromatic carbocycles. The van der Waals surface area contributed by atoms with Crippen molar-refractivity contribution in [3.05, 3.63) is 45.1 Å². The Balaban J connectivity index is 1.63. The first-order valence-corrected chi connectivity index (χ1v) is 10.9. The van der Waals surface area contributed by atoms with Gasteiger partial charge in [0, 0.05) is 30.3 Å². The lowest BCUT2D eigenvalue weighted by atomic mass is 10.0. The van der Waals surface area contributed by atoms with Crippen LogP contribution in [0.25, 0.3) is 21.3 Å². The second kappa shape index (κ2) is 7.60. The third-order valence-corrected chi connectivity index (χ3v) is 6.91. The van der Waals surface area contributed by atoms with Crippen LogP contribution in [0.15, 0.2) is 33.5 Å². The molecule has 1 fully saturated rings. The Kier molecular flexibility index (Phi) is 5.16. The Labute approximate surface area is 171 Å². The van der Waals surface area contributed by atoms with Crippen molar-refractivity contribution in [2.45, 2.75) is 19.0 Å². The van der Waals surface area contributed by atoms with Crippen LogP contribution in [-0.4, -0.2) is 46.0 Å². The van der Waals surface area contributed by atoms with E-state index in [2.05, 4.69) is 32.0 Å². The molecule has 2 aromatic heterocycles. The molecule has 3 aromatic rings. The zero-order valence-corrected chi connectivity index (χ0v) is 17.7. The highest BCUT2D eigenvalue weighted by atomic mass is 32.2. The van der Waals surface area contributed by atoms with Crippen molar-refractivity contribution in [1.82, 2.24) is 14.5 Å². The van der Waals surface area contributed by atoms with Gasteiger partial charge in [-0.25, -0.2) is 9.78 Å².